The minimum atomic E-state index is -0.472. The lowest BCUT2D eigenvalue weighted by atomic mass is 10.1. The van der Waals surface area contributed by atoms with E-state index >= 15 is 0 Å². The molecule has 0 spiro atoms. The maximum atomic E-state index is 13.3. The average Bonchev–Trinajstić information content (AvgIpc) is 3.41. The maximum absolute atomic E-state index is 13.3. The molecule has 0 bridgehead atoms. The van der Waals surface area contributed by atoms with Gasteiger partial charge in [-0.05, 0) is 72.8 Å². The summed E-state index contributed by atoms with van der Waals surface area (Å²) in [5, 5.41) is 9.14. The van der Waals surface area contributed by atoms with Gasteiger partial charge in [-0.1, -0.05) is 64.9 Å². The van der Waals surface area contributed by atoms with Gasteiger partial charge < -0.3 is 10.6 Å². The number of aromatic nitrogens is 2. The summed E-state index contributed by atoms with van der Waals surface area (Å²) < 4.78 is 5.06. The Bertz CT molecular complexity index is 1540. The van der Waals surface area contributed by atoms with E-state index in [0.29, 0.717) is 21.5 Å². The zero-order chi connectivity index (χ0) is 29.2. The number of halogens is 1. The van der Waals surface area contributed by atoms with Gasteiger partial charge >= 0.3 is 0 Å². The van der Waals surface area contributed by atoms with Gasteiger partial charge in [0.15, 0.2) is 0 Å². The first-order valence-electron chi connectivity index (χ1n) is 12.5. The minimum Gasteiger partial charge on any atom is -0.321 e. The Morgan fingerprint density at radius 3 is 2.46 bits per heavy atom. The fraction of sp³-hybridized carbons (Fsp3) is 0.138. The van der Waals surface area contributed by atoms with Crippen LogP contribution in [0.4, 0.5) is 10.8 Å². The van der Waals surface area contributed by atoms with Crippen LogP contribution >= 0.6 is 51.0 Å². The number of thioether (sulfide) groups is 2. The summed E-state index contributed by atoms with van der Waals surface area (Å²) in [4.78, 5) is 43.9. The Morgan fingerprint density at radius 1 is 1.00 bits per heavy atom. The van der Waals surface area contributed by atoms with Crippen molar-refractivity contribution >= 4 is 85.6 Å². The standard InChI is InChI=1S/C29H26BrN5O3S3/c1-3-39-29-34-28(41-35-29)33-25(36)18(2)40-23-14-12-22(13-15-23)31-27(38)24(17-19-8-7-11-21(30)16-19)32-26(37)20-9-5-4-6-10-20/h4-18H,3H2,1-2H3,(H,31,38)(H,32,37)(H,33,34,35,36)/b24-17-. The van der Waals surface area contributed by atoms with Gasteiger partial charge in [0.2, 0.25) is 16.2 Å². The van der Waals surface area contributed by atoms with Crippen LogP contribution in [0.3, 0.4) is 0 Å². The van der Waals surface area contributed by atoms with Crippen molar-refractivity contribution in [2.45, 2.75) is 29.1 Å². The number of hydrogen-bond acceptors (Lipinski definition) is 8. The van der Waals surface area contributed by atoms with Crippen molar-refractivity contribution in [2.75, 3.05) is 16.4 Å². The van der Waals surface area contributed by atoms with Crippen LogP contribution < -0.4 is 16.0 Å². The van der Waals surface area contributed by atoms with Gasteiger partial charge in [-0.3, -0.25) is 19.7 Å². The van der Waals surface area contributed by atoms with Gasteiger partial charge in [-0.25, -0.2) is 0 Å². The van der Waals surface area contributed by atoms with E-state index in [1.165, 1.54) is 23.5 Å². The van der Waals surface area contributed by atoms with E-state index in [4.69, 9.17) is 0 Å². The minimum absolute atomic E-state index is 0.0952. The highest BCUT2D eigenvalue weighted by Gasteiger charge is 2.18. The molecule has 0 saturated carbocycles. The van der Waals surface area contributed by atoms with Gasteiger partial charge in [0.1, 0.15) is 5.70 Å². The van der Waals surface area contributed by atoms with E-state index < -0.39 is 11.8 Å². The Morgan fingerprint density at radius 2 is 1.76 bits per heavy atom. The number of hydrogen-bond donors (Lipinski definition) is 3. The number of carbonyl (C=O) groups is 3. The molecule has 12 heteroatoms. The largest absolute Gasteiger partial charge is 0.321 e. The molecule has 0 saturated heterocycles. The summed E-state index contributed by atoms with van der Waals surface area (Å²) in [7, 11) is 0. The molecule has 4 rings (SSSR count). The van der Waals surface area contributed by atoms with Crippen molar-refractivity contribution in [1.82, 2.24) is 14.7 Å². The first kappa shape index (κ1) is 30.5. The maximum Gasteiger partial charge on any atom is 0.272 e. The van der Waals surface area contributed by atoms with Crippen LogP contribution in [-0.2, 0) is 9.59 Å². The zero-order valence-electron chi connectivity index (χ0n) is 22.1. The highest BCUT2D eigenvalue weighted by Crippen LogP contribution is 2.27. The molecule has 0 aliphatic heterocycles. The molecule has 0 fully saturated rings. The van der Waals surface area contributed by atoms with Crippen LogP contribution in [-0.4, -0.2) is 38.1 Å². The monoisotopic (exact) mass is 667 g/mol. The number of benzene rings is 3. The summed E-state index contributed by atoms with van der Waals surface area (Å²) in [6.45, 7) is 3.83. The molecule has 3 N–H and O–H groups in total. The highest BCUT2D eigenvalue weighted by molar-refractivity contribution is 9.10. The molecule has 1 unspecified atom stereocenters. The third-order valence-corrected chi connectivity index (χ3v) is 8.47. The lowest BCUT2D eigenvalue weighted by Crippen LogP contribution is -2.30. The molecule has 3 aromatic carbocycles. The van der Waals surface area contributed by atoms with Gasteiger partial charge in [0, 0.05) is 32.2 Å². The number of rotatable bonds is 11. The quantitative estimate of drug-likeness (QED) is 0.117. The van der Waals surface area contributed by atoms with Crippen LogP contribution in [0, 0.1) is 0 Å². The molecule has 41 heavy (non-hydrogen) atoms. The van der Waals surface area contributed by atoms with Gasteiger partial charge in [-0.15, -0.1) is 11.8 Å². The van der Waals surface area contributed by atoms with Crippen molar-refractivity contribution < 1.29 is 14.4 Å². The summed E-state index contributed by atoms with van der Waals surface area (Å²) in [6.07, 6.45) is 1.62. The van der Waals surface area contributed by atoms with Crippen molar-refractivity contribution in [1.29, 1.82) is 0 Å². The summed E-state index contributed by atoms with van der Waals surface area (Å²) in [5.74, 6) is -0.180. The van der Waals surface area contributed by atoms with Gasteiger partial charge in [0.25, 0.3) is 11.8 Å². The van der Waals surface area contributed by atoms with E-state index in [1.807, 2.05) is 56.3 Å². The van der Waals surface area contributed by atoms with Gasteiger partial charge in [0.05, 0.1) is 5.25 Å². The highest BCUT2D eigenvalue weighted by atomic mass is 79.9. The fourth-order valence-electron chi connectivity index (χ4n) is 3.43. The topological polar surface area (TPSA) is 113 Å². The molecule has 1 atom stereocenters. The SMILES string of the molecule is CCSc1nsc(NC(=O)C(C)Sc2ccc(NC(=O)/C(=C/c3cccc(Br)c3)NC(=O)c3ccccc3)cc2)n1. The molecule has 3 amide bonds. The van der Waals surface area contributed by atoms with E-state index in [9.17, 15) is 14.4 Å². The van der Waals surface area contributed by atoms with Crippen molar-refractivity contribution in [3.8, 4) is 0 Å². The van der Waals surface area contributed by atoms with E-state index in [0.717, 1.165) is 32.2 Å². The smallest absolute Gasteiger partial charge is 0.272 e. The first-order chi connectivity index (χ1) is 19.8. The fourth-order valence-corrected chi connectivity index (χ4v) is 5.99. The van der Waals surface area contributed by atoms with E-state index in [2.05, 4.69) is 41.2 Å². The van der Waals surface area contributed by atoms with Gasteiger partial charge in [-0.2, -0.15) is 9.36 Å². The molecule has 8 nitrogen and oxygen atoms in total. The Labute approximate surface area is 259 Å². The predicted octanol–water partition coefficient (Wildman–Crippen LogP) is 6.94. The third kappa shape index (κ3) is 9.28. The molecular formula is C29H26BrN5O3S3. The van der Waals surface area contributed by atoms with Crippen molar-refractivity contribution in [2.24, 2.45) is 0 Å². The van der Waals surface area contributed by atoms with E-state index in [1.54, 1.807) is 42.5 Å². The Balaban J connectivity index is 1.41. The Hall–Kier alpha value is -3.45. The molecular weight excluding hydrogens is 642 g/mol. The molecule has 1 heterocycles. The van der Waals surface area contributed by atoms with Crippen LogP contribution in [0.2, 0.25) is 0 Å². The number of carbonyl (C=O) groups excluding carboxylic acids is 3. The third-order valence-electron chi connectivity index (χ3n) is 5.39. The zero-order valence-corrected chi connectivity index (χ0v) is 26.1. The molecule has 0 radical (unpaired) electrons. The summed E-state index contributed by atoms with van der Waals surface area (Å²) in [5.41, 5.74) is 1.82. The van der Waals surface area contributed by atoms with Crippen LogP contribution in [0.25, 0.3) is 6.08 Å². The van der Waals surface area contributed by atoms with E-state index in [-0.39, 0.29) is 16.9 Å². The molecule has 4 aromatic rings. The first-order valence-corrected chi connectivity index (χ1v) is 15.9. The second-order valence-corrected chi connectivity index (χ2v) is 12.8. The van der Waals surface area contributed by atoms with Crippen LogP contribution in [0.5, 0.6) is 0 Å². The van der Waals surface area contributed by atoms with Crippen LogP contribution in [0.15, 0.2) is 99.1 Å². The molecule has 1 aromatic heterocycles. The molecule has 210 valence electrons. The molecule has 0 aliphatic rings. The van der Waals surface area contributed by atoms with Crippen molar-refractivity contribution in [3.05, 3.63) is 100 Å². The number of amides is 3. The second-order valence-electron chi connectivity index (χ2n) is 8.48. The van der Waals surface area contributed by atoms with Crippen LogP contribution in [0.1, 0.15) is 29.8 Å². The predicted molar refractivity (Wildman–Crippen MR) is 171 cm³/mol. The molecule has 0 aliphatic carbocycles. The van der Waals surface area contributed by atoms with Crippen molar-refractivity contribution in [3.63, 3.8) is 0 Å². The lowest BCUT2D eigenvalue weighted by molar-refractivity contribution is -0.115. The summed E-state index contributed by atoms with van der Waals surface area (Å²) >= 11 is 7.50. The summed E-state index contributed by atoms with van der Waals surface area (Å²) in [6, 6.07) is 23.2. The average molecular weight is 669 g/mol. The normalized spacial score (nSPS) is 11.9. The second kappa shape index (κ2) is 15.0. The number of nitrogens with one attached hydrogen (secondary N) is 3. The lowest BCUT2D eigenvalue weighted by Gasteiger charge is -2.13. The number of nitrogens with zero attached hydrogens (tertiary/aromatic N) is 2. The number of anilines is 2. The Kier molecular flexibility index (Phi) is 11.1.